The van der Waals surface area contributed by atoms with Crippen LogP contribution in [-0.2, 0) is 4.74 Å². The highest BCUT2D eigenvalue weighted by Gasteiger charge is 2.27. The lowest BCUT2D eigenvalue weighted by atomic mass is 10.1. The number of hydrogen-bond acceptors (Lipinski definition) is 7. The number of carbonyl (C=O) groups excluding carboxylic acids is 2. The van der Waals surface area contributed by atoms with Crippen molar-refractivity contribution in [1.29, 1.82) is 0 Å². The van der Waals surface area contributed by atoms with Crippen LogP contribution in [0.1, 0.15) is 33.6 Å². The maximum Gasteiger partial charge on any atom is 0.337 e. The summed E-state index contributed by atoms with van der Waals surface area (Å²) in [5, 5.41) is 0. The van der Waals surface area contributed by atoms with Crippen LogP contribution in [0.4, 0.5) is 0 Å². The summed E-state index contributed by atoms with van der Waals surface area (Å²) in [6.07, 6.45) is 4.50. The van der Waals surface area contributed by atoms with Gasteiger partial charge in [0.25, 0.3) is 17.7 Å². The molecule has 0 radical (unpaired) electrons. The Morgan fingerprint density at radius 3 is 2.37 bits per heavy atom. The smallest absolute Gasteiger partial charge is 0.337 e. The summed E-state index contributed by atoms with van der Waals surface area (Å²) in [7, 11) is 2.83. The van der Waals surface area contributed by atoms with E-state index in [9.17, 15) is 9.59 Å². The van der Waals surface area contributed by atoms with Crippen molar-refractivity contribution >= 4 is 11.9 Å². The largest absolute Gasteiger partial charge is 0.477 e. The van der Waals surface area contributed by atoms with Crippen LogP contribution in [0.3, 0.4) is 0 Å². The van der Waals surface area contributed by atoms with Gasteiger partial charge in [-0.05, 0) is 37.1 Å². The van der Waals surface area contributed by atoms with Crippen molar-refractivity contribution in [3.63, 3.8) is 0 Å². The van der Waals surface area contributed by atoms with Gasteiger partial charge < -0.3 is 19.1 Å². The number of carbonyl (C=O) groups is 2. The minimum atomic E-state index is -0.432. The number of benzene rings is 1. The molecule has 2 heterocycles. The van der Waals surface area contributed by atoms with E-state index in [4.69, 9.17) is 9.47 Å². The number of nitrogens with zero attached hydrogens (tertiary/aromatic N) is 3. The molecule has 1 amide bonds. The average Bonchev–Trinajstić information content (AvgIpc) is 2.73. The number of methoxy groups -OCH3 is 2. The SMILES string of the molecule is COC(=O)c1ccc(C(=O)N2CCCC(Oc3nccnc3OC)C2)cc1. The molecule has 1 fully saturated rings. The van der Waals surface area contributed by atoms with E-state index in [2.05, 4.69) is 14.7 Å². The van der Waals surface area contributed by atoms with Gasteiger partial charge in [-0.3, -0.25) is 4.79 Å². The maximum atomic E-state index is 12.8. The van der Waals surface area contributed by atoms with E-state index >= 15 is 0 Å². The first-order valence-electron chi connectivity index (χ1n) is 8.61. The number of hydrogen-bond donors (Lipinski definition) is 0. The molecule has 1 aliphatic heterocycles. The number of ether oxygens (including phenoxy) is 3. The zero-order valence-electron chi connectivity index (χ0n) is 15.3. The Labute approximate surface area is 157 Å². The lowest BCUT2D eigenvalue weighted by Crippen LogP contribution is -2.44. The van der Waals surface area contributed by atoms with Crippen LogP contribution in [0.2, 0.25) is 0 Å². The zero-order chi connectivity index (χ0) is 19.2. The highest BCUT2D eigenvalue weighted by molar-refractivity contribution is 5.96. The summed E-state index contributed by atoms with van der Waals surface area (Å²) < 4.78 is 15.7. The van der Waals surface area contributed by atoms with Crippen LogP contribution in [0.25, 0.3) is 0 Å². The molecule has 1 aromatic carbocycles. The van der Waals surface area contributed by atoms with E-state index < -0.39 is 5.97 Å². The summed E-state index contributed by atoms with van der Waals surface area (Å²) in [4.78, 5) is 34.2. The van der Waals surface area contributed by atoms with Gasteiger partial charge in [0.1, 0.15) is 6.10 Å². The minimum Gasteiger partial charge on any atom is -0.477 e. The normalized spacial score (nSPS) is 16.5. The Morgan fingerprint density at radius 1 is 1.04 bits per heavy atom. The standard InChI is InChI=1S/C19H21N3O5/c1-25-16-17(21-10-9-20-16)27-15-4-3-11-22(12-15)18(23)13-5-7-14(8-6-13)19(24)26-2/h5-10,15H,3-4,11-12H2,1-2H3. The fraction of sp³-hybridized carbons (Fsp3) is 0.368. The van der Waals surface area contributed by atoms with E-state index in [1.54, 1.807) is 29.2 Å². The van der Waals surface area contributed by atoms with Crippen LogP contribution >= 0.6 is 0 Å². The summed E-state index contributed by atoms with van der Waals surface area (Å²) in [5.74, 6) is 0.102. The second-order valence-corrected chi connectivity index (χ2v) is 6.07. The van der Waals surface area contributed by atoms with Crippen molar-refractivity contribution in [2.45, 2.75) is 18.9 Å². The summed E-state index contributed by atoms with van der Waals surface area (Å²) >= 11 is 0. The van der Waals surface area contributed by atoms with Crippen molar-refractivity contribution in [1.82, 2.24) is 14.9 Å². The van der Waals surface area contributed by atoms with Gasteiger partial charge in [-0.2, -0.15) is 0 Å². The van der Waals surface area contributed by atoms with Crippen LogP contribution < -0.4 is 9.47 Å². The third-order valence-electron chi connectivity index (χ3n) is 4.32. The third-order valence-corrected chi connectivity index (χ3v) is 4.32. The molecular weight excluding hydrogens is 350 g/mol. The number of piperidine rings is 1. The quantitative estimate of drug-likeness (QED) is 0.742. The molecule has 0 bridgehead atoms. The van der Waals surface area contributed by atoms with Gasteiger partial charge in [0.05, 0.1) is 26.3 Å². The van der Waals surface area contributed by atoms with E-state index in [0.29, 0.717) is 36.0 Å². The average molecular weight is 371 g/mol. The Kier molecular flexibility index (Phi) is 5.85. The molecular formula is C19H21N3O5. The molecule has 3 rings (SSSR count). The van der Waals surface area contributed by atoms with Crippen molar-refractivity contribution in [2.24, 2.45) is 0 Å². The molecule has 1 saturated heterocycles. The molecule has 1 aromatic heterocycles. The Bertz CT molecular complexity index is 809. The molecule has 0 aliphatic carbocycles. The molecule has 1 aliphatic rings. The van der Waals surface area contributed by atoms with Crippen LogP contribution in [0.15, 0.2) is 36.7 Å². The van der Waals surface area contributed by atoms with E-state index in [1.165, 1.54) is 26.6 Å². The van der Waals surface area contributed by atoms with E-state index in [0.717, 1.165) is 12.8 Å². The molecule has 142 valence electrons. The predicted octanol–water partition coefficient (Wildman–Crippen LogP) is 1.96. The Hall–Kier alpha value is -3.16. The molecule has 0 N–H and O–H groups in total. The number of aromatic nitrogens is 2. The Morgan fingerprint density at radius 2 is 1.70 bits per heavy atom. The van der Waals surface area contributed by atoms with Gasteiger partial charge in [0, 0.05) is 24.5 Å². The monoisotopic (exact) mass is 371 g/mol. The fourth-order valence-corrected chi connectivity index (χ4v) is 2.96. The summed E-state index contributed by atoms with van der Waals surface area (Å²) in [6, 6.07) is 6.43. The van der Waals surface area contributed by atoms with Crippen LogP contribution in [0, 0.1) is 0 Å². The number of rotatable bonds is 5. The molecule has 8 heteroatoms. The van der Waals surface area contributed by atoms with Crippen molar-refractivity contribution in [3.8, 4) is 11.8 Å². The lowest BCUT2D eigenvalue weighted by molar-refractivity contribution is 0.0518. The first kappa shape index (κ1) is 18.6. The molecule has 2 aromatic rings. The third kappa shape index (κ3) is 4.33. The number of amides is 1. The summed E-state index contributed by atoms with van der Waals surface area (Å²) in [6.45, 7) is 1.09. The molecule has 1 atom stereocenters. The number of likely N-dealkylation sites (tertiary alicyclic amines) is 1. The van der Waals surface area contributed by atoms with Gasteiger partial charge in [-0.1, -0.05) is 0 Å². The van der Waals surface area contributed by atoms with Gasteiger partial charge in [-0.15, -0.1) is 0 Å². The fourth-order valence-electron chi connectivity index (χ4n) is 2.96. The summed E-state index contributed by atoms with van der Waals surface area (Å²) in [5.41, 5.74) is 0.920. The molecule has 27 heavy (non-hydrogen) atoms. The zero-order valence-corrected chi connectivity index (χ0v) is 15.3. The molecule has 0 saturated carbocycles. The first-order chi connectivity index (χ1) is 13.1. The van der Waals surface area contributed by atoms with Gasteiger partial charge >= 0.3 is 5.97 Å². The maximum absolute atomic E-state index is 12.8. The van der Waals surface area contributed by atoms with Gasteiger partial charge in [-0.25, -0.2) is 14.8 Å². The predicted molar refractivity (Wildman–Crippen MR) is 95.9 cm³/mol. The van der Waals surface area contributed by atoms with Gasteiger partial charge in [0.15, 0.2) is 0 Å². The molecule has 0 spiro atoms. The highest BCUT2D eigenvalue weighted by atomic mass is 16.5. The molecule has 1 unspecified atom stereocenters. The van der Waals surface area contributed by atoms with Crippen LogP contribution in [0.5, 0.6) is 11.8 Å². The van der Waals surface area contributed by atoms with Crippen molar-refractivity contribution < 1.29 is 23.8 Å². The van der Waals surface area contributed by atoms with Crippen molar-refractivity contribution in [2.75, 3.05) is 27.3 Å². The topological polar surface area (TPSA) is 90.9 Å². The van der Waals surface area contributed by atoms with E-state index in [1.807, 2.05) is 0 Å². The second kappa shape index (κ2) is 8.48. The van der Waals surface area contributed by atoms with Gasteiger partial charge in [0.2, 0.25) is 0 Å². The highest BCUT2D eigenvalue weighted by Crippen LogP contribution is 2.24. The minimum absolute atomic E-state index is 0.106. The van der Waals surface area contributed by atoms with E-state index in [-0.39, 0.29) is 12.0 Å². The second-order valence-electron chi connectivity index (χ2n) is 6.07. The number of esters is 1. The molecule has 8 nitrogen and oxygen atoms in total. The van der Waals surface area contributed by atoms with Crippen LogP contribution in [-0.4, -0.2) is 60.2 Å². The first-order valence-corrected chi connectivity index (χ1v) is 8.61. The lowest BCUT2D eigenvalue weighted by Gasteiger charge is -2.32. The van der Waals surface area contributed by atoms with Crippen molar-refractivity contribution in [3.05, 3.63) is 47.8 Å². The Balaban J connectivity index is 1.66.